The minimum absolute atomic E-state index is 0.0672. The average molecular weight is 352 g/mol. The van der Waals surface area contributed by atoms with E-state index in [1.54, 1.807) is 18.8 Å². The first-order valence-electron chi connectivity index (χ1n) is 5.79. The van der Waals surface area contributed by atoms with E-state index in [1.807, 2.05) is 13.2 Å². The summed E-state index contributed by atoms with van der Waals surface area (Å²) in [6.07, 6.45) is 2.76. The lowest BCUT2D eigenvalue weighted by atomic mass is 10.1. The fourth-order valence-electron chi connectivity index (χ4n) is 1.61. The van der Waals surface area contributed by atoms with E-state index in [9.17, 15) is 13.6 Å². The molecular weight excluding hydrogens is 336 g/mol. The SMILES string of the molecule is CSCCC(C)N(C)C(=O)c1c(F)cc(Br)cc1F. The summed E-state index contributed by atoms with van der Waals surface area (Å²) >= 11 is 4.66. The number of halogens is 3. The second-order valence-electron chi connectivity index (χ2n) is 4.29. The Labute approximate surface area is 124 Å². The summed E-state index contributed by atoms with van der Waals surface area (Å²) < 4.78 is 27.7. The van der Waals surface area contributed by atoms with Crippen LogP contribution in [0.5, 0.6) is 0 Å². The number of thioether (sulfide) groups is 1. The molecule has 0 aliphatic carbocycles. The van der Waals surface area contributed by atoms with Crippen molar-refractivity contribution < 1.29 is 13.6 Å². The molecule has 0 aliphatic rings. The Balaban J connectivity index is 2.94. The number of benzene rings is 1. The standard InChI is InChI=1S/C13H16BrF2NOS/c1-8(4-5-19-3)17(2)13(18)12-10(15)6-9(14)7-11(12)16/h6-8H,4-5H2,1-3H3. The molecular formula is C13H16BrF2NOS. The van der Waals surface area contributed by atoms with E-state index in [0.717, 1.165) is 24.3 Å². The van der Waals surface area contributed by atoms with Crippen LogP contribution in [0.3, 0.4) is 0 Å². The number of hydrogen-bond acceptors (Lipinski definition) is 2. The van der Waals surface area contributed by atoms with Gasteiger partial charge in [0.2, 0.25) is 0 Å². The first kappa shape index (κ1) is 16.4. The van der Waals surface area contributed by atoms with E-state index < -0.39 is 23.1 Å². The third-order valence-electron chi connectivity index (χ3n) is 2.94. The summed E-state index contributed by atoms with van der Waals surface area (Å²) in [7, 11) is 1.56. The van der Waals surface area contributed by atoms with E-state index >= 15 is 0 Å². The highest BCUT2D eigenvalue weighted by Crippen LogP contribution is 2.21. The predicted molar refractivity (Wildman–Crippen MR) is 78.6 cm³/mol. The smallest absolute Gasteiger partial charge is 0.259 e. The van der Waals surface area contributed by atoms with Gasteiger partial charge in [0.15, 0.2) is 0 Å². The van der Waals surface area contributed by atoms with Gasteiger partial charge in [-0.25, -0.2) is 8.78 Å². The van der Waals surface area contributed by atoms with Crippen molar-refractivity contribution >= 4 is 33.6 Å². The number of carbonyl (C=O) groups excluding carboxylic acids is 1. The predicted octanol–water partition coefficient (Wildman–Crippen LogP) is 3.94. The first-order chi connectivity index (χ1) is 8.88. The first-order valence-corrected chi connectivity index (χ1v) is 7.97. The highest BCUT2D eigenvalue weighted by molar-refractivity contribution is 9.10. The lowest BCUT2D eigenvalue weighted by Crippen LogP contribution is -2.36. The Morgan fingerprint density at radius 3 is 2.42 bits per heavy atom. The van der Waals surface area contributed by atoms with Crippen molar-refractivity contribution in [2.45, 2.75) is 19.4 Å². The third kappa shape index (κ3) is 4.18. The zero-order valence-corrected chi connectivity index (χ0v) is 13.4. The van der Waals surface area contributed by atoms with E-state index in [1.165, 1.54) is 4.90 Å². The van der Waals surface area contributed by atoms with Crippen molar-refractivity contribution in [3.8, 4) is 0 Å². The van der Waals surface area contributed by atoms with Crippen LogP contribution in [-0.2, 0) is 0 Å². The van der Waals surface area contributed by atoms with Gasteiger partial charge in [-0.3, -0.25) is 4.79 Å². The maximum atomic E-state index is 13.7. The molecule has 106 valence electrons. The molecule has 0 N–H and O–H groups in total. The fourth-order valence-corrected chi connectivity index (χ4v) is 2.58. The maximum Gasteiger partial charge on any atom is 0.259 e. The van der Waals surface area contributed by atoms with Crippen molar-refractivity contribution in [3.63, 3.8) is 0 Å². The molecule has 1 atom stereocenters. The van der Waals surface area contributed by atoms with Crippen molar-refractivity contribution in [2.75, 3.05) is 19.1 Å². The van der Waals surface area contributed by atoms with Crippen LogP contribution in [0.1, 0.15) is 23.7 Å². The number of hydrogen-bond donors (Lipinski definition) is 0. The fraction of sp³-hybridized carbons (Fsp3) is 0.462. The van der Waals surface area contributed by atoms with E-state index in [-0.39, 0.29) is 10.5 Å². The molecule has 0 bridgehead atoms. The average Bonchev–Trinajstić information content (AvgIpc) is 2.33. The zero-order valence-electron chi connectivity index (χ0n) is 11.0. The summed E-state index contributed by atoms with van der Waals surface area (Å²) in [5.41, 5.74) is -0.498. The lowest BCUT2D eigenvalue weighted by Gasteiger charge is -2.25. The molecule has 1 unspecified atom stereocenters. The number of amides is 1. The normalized spacial score (nSPS) is 12.3. The van der Waals surface area contributed by atoms with Gasteiger partial charge in [-0.1, -0.05) is 15.9 Å². The number of carbonyl (C=O) groups is 1. The maximum absolute atomic E-state index is 13.7. The van der Waals surface area contributed by atoms with Gasteiger partial charge in [-0.2, -0.15) is 11.8 Å². The van der Waals surface area contributed by atoms with Crippen LogP contribution in [0.2, 0.25) is 0 Å². The summed E-state index contributed by atoms with van der Waals surface area (Å²) in [6.45, 7) is 1.86. The number of nitrogens with zero attached hydrogens (tertiary/aromatic N) is 1. The summed E-state index contributed by atoms with van der Waals surface area (Å²) in [6, 6.07) is 2.12. The minimum atomic E-state index is -0.846. The quantitative estimate of drug-likeness (QED) is 0.800. The van der Waals surface area contributed by atoms with Crippen LogP contribution in [0.4, 0.5) is 8.78 Å². The van der Waals surface area contributed by atoms with Crippen LogP contribution >= 0.6 is 27.7 Å². The van der Waals surface area contributed by atoms with Gasteiger partial charge in [0, 0.05) is 17.6 Å². The molecule has 1 aromatic rings. The number of rotatable bonds is 5. The molecule has 19 heavy (non-hydrogen) atoms. The highest BCUT2D eigenvalue weighted by atomic mass is 79.9. The molecule has 1 amide bonds. The molecule has 1 aromatic carbocycles. The molecule has 0 aromatic heterocycles. The Morgan fingerprint density at radius 2 is 1.95 bits per heavy atom. The molecule has 0 spiro atoms. The van der Waals surface area contributed by atoms with Gasteiger partial charge >= 0.3 is 0 Å². The zero-order chi connectivity index (χ0) is 14.6. The van der Waals surface area contributed by atoms with E-state index in [2.05, 4.69) is 15.9 Å². The Morgan fingerprint density at radius 1 is 1.42 bits per heavy atom. The lowest BCUT2D eigenvalue weighted by molar-refractivity contribution is 0.0731. The van der Waals surface area contributed by atoms with E-state index in [0.29, 0.717) is 0 Å². The van der Waals surface area contributed by atoms with Gasteiger partial charge in [-0.15, -0.1) is 0 Å². The van der Waals surface area contributed by atoms with Crippen molar-refractivity contribution in [1.82, 2.24) is 4.90 Å². The summed E-state index contributed by atoms with van der Waals surface area (Å²) in [5, 5.41) is 0. The van der Waals surface area contributed by atoms with Crippen LogP contribution in [0, 0.1) is 11.6 Å². The van der Waals surface area contributed by atoms with Crippen LogP contribution < -0.4 is 0 Å². The van der Waals surface area contributed by atoms with Crippen molar-refractivity contribution in [3.05, 3.63) is 33.8 Å². The Bertz CT molecular complexity index is 447. The summed E-state index contributed by atoms with van der Waals surface area (Å²) in [5.74, 6) is -1.43. The third-order valence-corrected chi connectivity index (χ3v) is 4.04. The second kappa shape index (κ2) is 7.24. The molecule has 2 nitrogen and oxygen atoms in total. The topological polar surface area (TPSA) is 20.3 Å². The van der Waals surface area contributed by atoms with Crippen LogP contribution in [0.25, 0.3) is 0 Å². The molecule has 1 rings (SSSR count). The molecule has 0 heterocycles. The monoisotopic (exact) mass is 351 g/mol. The molecule has 0 fully saturated rings. The van der Waals surface area contributed by atoms with Crippen LogP contribution in [0.15, 0.2) is 16.6 Å². The molecule has 6 heteroatoms. The Hall–Kier alpha value is -0.620. The van der Waals surface area contributed by atoms with E-state index in [4.69, 9.17) is 0 Å². The molecule has 0 saturated heterocycles. The Kier molecular flexibility index (Phi) is 6.26. The van der Waals surface area contributed by atoms with Crippen LogP contribution in [-0.4, -0.2) is 35.9 Å². The largest absolute Gasteiger partial charge is 0.339 e. The van der Waals surface area contributed by atoms with Gasteiger partial charge in [0.1, 0.15) is 17.2 Å². The summed E-state index contributed by atoms with van der Waals surface area (Å²) in [4.78, 5) is 13.5. The molecule has 0 radical (unpaired) electrons. The van der Waals surface area contributed by atoms with Gasteiger partial charge < -0.3 is 4.90 Å². The molecule has 0 aliphatic heterocycles. The molecule has 0 saturated carbocycles. The van der Waals surface area contributed by atoms with Crippen molar-refractivity contribution in [2.24, 2.45) is 0 Å². The highest BCUT2D eigenvalue weighted by Gasteiger charge is 2.24. The van der Waals surface area contributed by atoms with Gasteiger partial charge in [0.25, 0.3) is 5.91 Å². The van der Waals surface area contributed by atoms with Gasteiger partial charge in [0.05, 0.1) is 0 Å². The minimum Gasteiger partial charge on any atom is -0.339 e. The van der Waals surface area contributed by atoms with Gasteiger partial charge in [-0.05, 0) is 37.5 Å². The second-order valence-corrected chi connectivity index (χ2v) is 6.19. The van der Waals surface area contributed by atoms with Crippen molar-refractivity contribution in [1.29, 1.82) is 0 Å².